The fourth-order valence-electron chi connectivity index (χ4n) is 3.60. The van der Waals surface area contributed by atoms with Gasteiger partial charge in [-0.15, -0.1) is 0 Å². The molecule has 3 aromatic rings. The van der Waals surface area contributed by atoms with E-state index in [1.807, 2.05) is 58.6 Å². The second-order valence-electron chi connectivity index (χ2n) is 7.00. The summed E-state index contributed by atoms with van der Waals surface area (Å²) in [6, 6.07) is 11.8. The SMILES string of the molecule is O=C1C(CNc2scc[n+]2CCCCS(=O)(=O)O)=Cc2cccc3cccc1c23. The topological polar surface area (TPSA) is 87.4 Å². The molecule has 0 spiro atoms. The van der Waals surface area contributed by atoms with Gasteiger partial charge in [-0.2, -0.15) is 8.42 Å². The normalized spacial score (nSPS) is 13.6. The van der Waals surface area contributed by atoms with Gasteiger partial charge in [0, 0.05) is 21.9 Å². The molecule has 6 nitrogen and oxygen atoms in total. The van der Waals surface area contributed by atoms with Crippen molar-refractivity contribution in [2.45, 2.75) is 19.4 Å². The molecule has 0 fully saturated rings. The summed E-state index contributed by atoms with van der Waals surface area (Å²) in [5.41, 5.74) is 2.50. The van der Waals surface area contributed by atoms with Gasteiger partial charge >= 0.3 is 5.13 Å². The second kappa shape index (κ2) is 8.06. The predicted octanol–water partition coefficient (Wildman–Crippen LogP) is 3.55. The predicted molar refractivity (Wildman–Crippen MR) is 115 cm³/mol. The number of aromatic nitrogens is 1. The zero-order valence-electron chi connectivity index (χ0n) is 15.7. The largest absolute Gasteiger partial charge is 0.334 e. The lowest BCUT2D eigenvalue weighted by atomic mass is 9.88. The maximum absolute atomic E-state index is 13.0. The van der Waals surface area contributed by atoms with Crippen molar-refractivity contribution < 1.29 is 22.3 Å². The molecular formula is C21H21N2O4S2+. The molecule has 1 aliphatic rings. The molecule has 29 heavy (non-hydrogen) atoms. The van der Waals surface area contributed by atoms with Crippen LogP contribution < -0.4 is 9.88 Å². The van der Waals surface area contributed by atoms with E-state index in [9.17, 15) is 13.2 Å². The molecule has 1 heterocycles. The second-order valence-corrected chi connectivity index (χ2v) is 9.46. The number of anilines is 1. The first-order chi connectivity index (χ1) is 13.9. The van der Waals surface area contributed by atoms with Gasteiger partial charge in [0.2, 0.25) is 0 Å². The Morgan fingerprint density at radius 2 is 1.90 bits per heavy atom. The smallest absolute Gasteiger partial charge is 0.289 e. The van der Waals surface area contributed by atoms with Crippen molar-refractivity contribution in [3.8, 4) is 0 Å². The van der Waals surface area contributed by atoms with Gasteiger partial charge in [-0.05, 0) is 29.9 Å². The van der Waals surface area contributed by atoms with Crippen LogP contribution in [0, 0.1) is 0 Å². The fraction of sp³-hybridized carbons (Fsp3) is 0.238. The number of Topliss-reactive ketones (excluding diaryl/α,β-unsaturated/α-hetero) is 1. The summed E-state index contributed by atoms with van der Waals surface area (Å²) >= 11 is 1.53. The zero-order valence-corrected chi connectivity index (χ0v) is 17.3. The van der Waals surface area contributed by atoms with Crippen molar-refractivity contribution in [2.24, 2.45) is 0 Å². The van der Waals surface area contributed by atoms with Gasteiger partial charge in [0.1, 0.15) is 12.7 Å². The van der Waals surface area contributed by atoms with Gasteiger partial charge in [-0.25, -0.2) is 4.57 Å². The van der Waals surface area contributed by atoms with Crippen molar-refractivity contribution in [2.75, 3.05) is 17.6 Å². The Kier molecular flexibility index (Phi) is 5.49. The lowest BCUT2D eigenvalue weighted by Crippen LogP contribution is -2.35. The Labute approximate surface area is 173 Å². The Balaban J connectivity index is 1.45. The molecule has 0 saturated carbocycles. The summed E-state index contributed by atoms with van der Waals surface area (Å²) in [6.45, 7) is 1.05. The number of carbonyl (C=O) groups excluding carboxylic acids is 1. The first kappa shape index (κ1) is 19.8. The van der Waals surface area contributed by atoms with E-state index in [4.69, 9.17) is 4.55 Å². The molecule has 0 radical (unpaired) electrons. The highest BCUT2D eigenvalue weighted by atomic mass is 32.2. The van der Waals surface area contributed by atoms with Gasteiger partial charge in [0.25, 0.3) is 10.1 Å². The molecule has 0 atom stereocenters. The Morgan fingerprint density at radius 1 is 1.10 bits per heavy atom. The molecule has 0 amide bonds. The van der Waals surface area contributed by atoms with E-state index >= 15 is 0 Å². The number of hydrogen-bond acceptors (Lipinski definition) is 5. The van der Waals surface area contributed by atoms with E-state index in [0.29, 0.717) is 31.5 Å². The van der Waals surface area contributed by atoms with Crippen LogP contribution in [0.4, 0.5) is 5.13 Å². The van der Waals surface area contributed by atoms with Crippen LogP contribution in [-0.4, -0.2) is 31.1 Å². The molecule has 2 aromatic carbocycles. The summed E-state index contributed by atoms with van der Waals surface area (Å²) in [5, 5.41) is 8.26. The first-order valence-corrected chi connectivity index (χ1v) is 11.8. The maximum Gasteiger partial charge on any atom is 0.334 e. The molecule has 1 aromatic heterocycles. The van der Waals surface area contributed by atoms with E-state index in [2.05, 4.69) is 5.32 Å². The van der Waals surface area contributed by atoms with Crippen LogP contribution in [0.1, 0.15) is 28.8 Å². The number of unbranched alkanes of at least 4 members (excludes halogenated alkanes) is 1. The molecular weight excluding hydrogens is 408 g/mol. The van der Waals surface area contributed by atoms with Gasteiger partial charge in [0.05, 0.1) is 12.3 Å². The van der Waals surface area contributed by atoms with Crippen LogP contribution in [0.25, 0.3) is 16.8 Å². The average molecular weight is 430 g/mol. The molecule has 150 valence electrons. The maximum atomic E-state index is 13.0. The number of carbonyl (C=O) groups is 1. The first-order valence-electron chi connectivity index (χ1n) is 9.35. The summed E-state index contributed by atoms with van der Waals surface area (Å²) in [6.07, 6.45) is 4.90. The summed E-state index contributed by atoms with van der Waals surface area (Å²) in [5.74, 6) is -0.189. The highest BCUT2D eigenvalue weighted by Gasteiger charge is 2.23. The molecule has 0 saturated heterocycles. The highest BCUT2D eigenvalue weighted by molar-refractivity contribution is 7.85. The summed E-state index contributed by atoms with van der Waals surface area (Å²) in [4.78, 5) is 13.0. The van der Waals surface area contributed by atoms with Crippen LogP contribution in [0.5, 0.6) is 0 Å². The number of ketones is 1. The minimum absolute atomic E-state index is 0.0399. The summed E-state index contributed by atoms with van der Waals surface area (Å²) < 4.78 is 32.5. The Morgan fingerprint density at radius 3 is 2.69 bits per heavy atom. The molecule has 2 N–H and O–H groups in total. The van der Waals surface area contributed by atoms with Crippen LogP contribution in [0.3, 0.4) is 0 Å². The van der Waals surface area contributed by atoms with E-state index in [1.165, 1.54) is 11.3 Å². The monoisotopic (exact) mass is 429 g/mol. The van der Waals surface area contributed by atoms with Crippen molar-refractivity contribution >= 4 is 49.2 Å². The zero-order chi connectivity index (χ0) is 20.4. The molecule has 1 aliphatic carbocycles. The standard InChI is InChI=1S/C21H20N2O4S2/c24-20-17(13-16-7-3-5-15-6-4-8-18(20)19(15)16)14-22-21-23(10-11-28-21)9-1-2-12-29(25,26)27/h3-8,10-11,13H,1-2,9,12,14H2,(H,25,26,27)/p+1. The van der Waals surface area contributed by atoms with Crippen molar-refractivity contribution in [3.05, 3.63) is 64.7 Å². The molecule has 0 bridgehead atoms. The number of nitrogens with zero attached hydrogens (tertiary/aromatic N) is 1. The van der Waals surface area contributed by atoms with Crippen molar-refractivity contribution in [1.29, 1.82) is 0 Å². The summed E-state index contributed by atoms with van der Waals surface area (Å²) in [7, 11) is -3.91. The molecule has 0 unspecified atom stereocenters. The Hall–Kier alpha value is -2.55. The van der Waals surface area contributed by atoms with Gasteiger partial charge < -0.3 is 0 Å². The van der Waals surface area contributed by atoms with Crippen LogP contribution in [-0.2, 0) is 16.7 Å². The number of benzene rings is 2. The lowest BCUT2D eigenvalue weighted by molar-refractivity contribution is -0.679. The van der Waals surface area contributed by atoms with Gasteiger partial charge in [0.15, 0.2) is 5.78 Å². The van der Waals surface area contributed by atoms with Crippen molar-refractivity contribution in [3.63, 3.8) is 0 Å². The number of hydrogen-bond donors (Lipinski definition) is 2. The van der Waals surface area contributed by atoms with Gasteiger partial charge in [-0.1, -0.05) is 47.7 Å². The van der Waals surface area contributed by atoms with Crippen LogP contribution >= 0.6 is 11.3 Å². The Bertz CT molecular complexity index is 1210. The highest BCUT2D eigenvalue weighted by Crippen LogP contribution is 2.31. The molecule has 4 rings (SSSR count). The quantitative estimate of drug-likeness (QED) is 0.325. The van der Waals surface area contributed by atoms with Crippen LogP contribution in [0.2, 0.25) is 0 Å². The third-order valence-electron chi connectivity index (χ3n) is 4.97. The van der Waals surface area contributed by atoms with E-state index < -0.39 is 10.1 Å². The fourth-order valence-corrected chi connectivity index (χ4v) is 4.95. The number of nitrogens with one attached hydrogen (secondary N) is 1. The van der Waals surface area contributed by atoms with Crippen molar-refractivity contribution in [1.82, 2.24) is 0 Å². The van der Waals surface area contributed by atoms with E-state index in [0.717, 1.165) is 27.0 Å². The van der Waals surface area contributed by atoms with Gasteiger partial charge in [-0.3, -0.25) is 14.7 Å². The van der Waals surface area contributed by atoms with Crippen LogP contribution in [0.15, 0.2) is 53.5 Å². The van der Waals surface area contributed by atoms with E-state index in [-0.39, 0.29) is 11.5 Å². The number of thiazole rings is 1. The minimum atomic E-state index is -3.91. The minimum Gasteiger partial charge on any atom is -0.289 e. The third kappa shape index (κ3) is 4.39. The number of rotatable bonds is 8. The third-order valence-corrected chi connectivity index (χ3v) is 6.63. The average Bonchev–Trinajstić information content (AvgIpc) is 3.13. The lowest BCUT2D eigenvalue weighted by Gasteiger charge is -2.16. The molecule has 8 heteroatoms. The number of aryl methyl sites for hydroxylation is 1. The molecule has 0 aliphatic heterocycles. The van der Waals surface area contributed by atoms with E-state index in [1.54, 1.807) is 0 Å².